The van der Waals surface area contributed by atoms with E-state index in [-0.39, 0.29) is 5.37 Å². The van der Waals surface area contributed by atoms with Gasteiger partial charge < -0.3 is 4.90 Å². The van der Waals surface area contributed by atoms with Gasteiger partial charge in [-0.05, 0) is 59.2 Å². The number of hydrogen-bond acceptors (Lipinski definition) is 2. The summed E-state index contributed by atoms with van der Waals surface area (Å²) in [6.45, 7) is 3.01. The van der Waals surface area contributed by atoms with Crippen molar-refractivity contribution in [3.63, 3.8) is 0 Å². The van der Waals surface area contributed by atoms with Crippen molar-refractivity contribution < 1.29 is 0 Å². The topological polar surface area (TPSA) is 3.24 Å². The first-order valence-corrected chi connectivity index (χ1v) is 10.7. The molecule has 3 heteroatoms. The van der Waals surface area contributed by atoms with Crippen LogP contribution in [0.3, 0.4) is 0 Å². The first-order chi connectivity index (χ1) is 13.7. The maximum absolute atomic E-state index is 6.16. The predicted molar refractivity (Wildman–Crippen MR) is 121 cm³/mol. The van der Waals surface area contributed by atoms with E-state index < -0.39 is 0 Å². The standard InChI is InChI=1S/C25H20ClNS/c1-17-6-8-19(9-7-17)25-27(21-13-11-20(26)12-14-21)16-23-22-5-3-2-4-18(22)10-15-24(23)28-25/h2-15,25H,16H2,1H3. The van der Waals surface area contributed by atoms with E-state index in [2.05, 4.69) is 84.6 Å². The Kier molecular flexibility index (Phi) is 4.54. The van der Waals surface area contributed by atoms with Gasteiger partial charge in [-0.1, -0.05) is 83.5 Å². The lowest BCUT2D eigenvalue weighted by Crippen LogP contribution is -2.29. The van der Waals surface area contributed by atoms with Crippen LogP contribution in [0.2, 0.25) is 5.02 Å². The number of thioether (sulfide) groups is 1. The zero-order chi connectivity index (χ0) is 19.1. The van der Waals surface area contributed by atoms with E-state index in [1.807, 2.05) is 23.9 Å². The molecular formula is C25H20ClNS. The Morgan fingerprint density at radius 2 is 1.61 bits per heavy atom. The van der Waals surface area contributed by atoms with Crippen LogP contribution in [0.25, 0.3) is 10.8 Å². The van der Waals surface area contributed by atoms with Gasteiger partial charge in [-0.15, -0.1) is 0 Å². The van der Waals surface area contributed by atoms with Crippen LogP contribution in [-0.4, -0.2) is 0 Å². The van der Waals surface area contributed by atoms with Crippen molar-refractivity contribution in [3.8, 4) is 0 Å². The van der Waals surface area contributed by atoms with Gasteiger partial charge in [-0.25, -0.2) is 0 Å². The molecule has 0 N–H and O–H groups in total. The molecule has 0 amide bonds. The highest BCUT2D eigenvalue weighted by atomic mass is 35.5. The second kappa shape index (κ2) is 7.20. The van der Waals surface area contributed by atoms with E-state index in [9.17, 15) is 0 Å². The minimum absolute atomic E-state index is 0.232. The van der Waals surface area contributed by atoms with Crippen molar-refractivity contribution in [3.05, 3.63) is 107 Å². The Morgan fingerprint density at radius 3 is 2.39 bits per heavy atom. The van der Waals surface area contributed by atoms with Crippen LogP contribution in [0.1, 0.15) is 22.1 Å². The molecule has 1 nitrogen and oxygen atoms in total. The molecule has 1 aliphatic heterocycles. The van der Waals surface area contributed by atoms with E-state index >= 15 is 0 Å². The quantitative estimate of drug-likeness (QED) is 0.340. The molecule has 4 aromatic rings. The Balaban J connectivity index is 1.65. The highest BCUT2D eigenvalue weighted by Crippen LogP contribution is 2.48. The average molecular weight is 402 g/mol. The smallest absolute Gasteiger partial charge is 0.105 e. The molecule has 1 atom stereocenters. The van der Waals surface area contributed by atoms with Gasteiger partial charge in [-0.2, -0.15) is 0 Å². The SMILES string of the molecule is Cc1ccc(C2Sc3ccc4ccccc4c3CN2c2ccc(Cl)cc2)cc1. The lowest BCUT2D eigenvalue weighted by atomic mass is 10.0. The second-order valence-corrected chi connectivity index (χ2v) is 8.81. The monoisotopic (exact) mass is 401 g/mol. The van der Waals surface area contributed by atoms with E-state index in [4.69, 9.17) is 11.6 Å². The third-order valence-corrected chi connectivity index (χ3v) is 7.01. The predicted octanol–water partition coefficient (Wildman–Crippen LogP) is 7.61. The van der Waals surface area contributed by atoms with Gasteiger partial charge in [-0.3, -0.25) is 0 Å². The molecule has 0 saturated heterocycles. The highest BCUT2D eigenvalue weighted by molar-refractivity contribution is 7.99. The molecule has 0 aromatic heterocycles. The summed E-state index contributed by atoms with van der Waals surface area (Å²) in [5.41, 5.74) is 5.21. The van der Waals surface area contributed by atoms with Gasteiger partial charge >= 0.3 is 0 Å². The molecule has 0 saturated carbocycles. The molecule has 0 aliphatic carbocycles. The van der Waals surface area contributed by atoms with Gasteiger partial charge in [0.15, 0.2) is 0 Å². The summed E-state index contributed by atoms with van der Waals surface area (Å²) in [7, 11) is 0. The van der Waals surface area contributed by atoms with Gasteiger partial charge in [0.2, 0.25) is 0 Å². The van der Waals surface area contributed by atoms with Crippen molar-refractivity contribution in [2.45, 2.75) is 23.7 Å². The van der Waals surface area contributed by atoms with E-state index in [1.54, 1.807) is 0 Å². The molecule has 4 aromatic carbocycles. The molecular weight excluding hydrogens is 382 g/mol. The minimum atomic E-state index is 0.232. The largest absolute Gasteiger partial charge is 0.351 e. The molecule has 5 rings (SSSR count). The molecule has 1 heterocycles. The van der Waals surface area contributed by atoms with Crippen molar-refractivity contribution in [1.82, 2.24) is 0 Å². The maximum atomic E-state index is 6.16. The Bertz CT molecular complexity index is 1140. The summed E-state index contributed by atoms with van der Waals surface area (Å²) in [6.07, 6.45) is 0. The van der Waals surface area contributed by atoms with E-state index in [1.165, 1.54) is 38.0 Å². The second-order valence-electron chi connectivity index (χ2n) is 7.25. The van der Waals surface area contributed by atoms with Crippen LogP contribution in [0.5, 0.6) is 0 Å². The van der Waals surface area contributed by atoms with Crippen LogP contribution in [-0.2, 0) is 6.54 Å². The molecule has 0 fully saturated rings. The number of hydrogen-bond donors (Lipinski definition) is 0. The maximum Gasteiger partial charge on any atom is 0.105 e. The fraction of sp³-hybridized carbons (Fsp3) is 0.120. The lowest BCUT2D eigenvalue weighted by Gasteiger charge is -2.39. The number of aryl methyl sites for hydroxylation is 1. The molecule has 0 spiro atoms. The molecule has 0 bridgehead atoms. The molecule has 1 aliphatic rings. The number of fused-ring (bicyclic) bond motifs is 3. The van der Waals surface area contributed by atoms with Crippen molar-refractivity contribution in [2.24, 2.45) is 0 Å². The first kappa shape index (κ1) is 17.7. The summed E-state index contributed by atoms with van der Waals surface area (Å²) >= 11 is 8.09. The van der Waals surface area contributed by atoms with Gasteiger partial charge in [0, 0.05) is 22.2 Å². The van der Waals surface area contributed by atoms with Gasteiger partial charge in [0.1, 0.15) is 5.37 Å². The van der Waals surface area contributed by atoms with E-state index in [0.717, 1.165) is 11.6 Å². The summed E-state index contributed by atoms with van der Waals surface area (Å²) in [4.78, 5) is 3.86. The minimum Gasteiger partial charge on any atom is -0.351 e. The van der Waals surface area contributed by atoms with Crippen LogP contribution < -0.4 is 4.90 Å². The summed E-state index contributed by atoms with van der Waals surface area (Å²) in [5.74, 6) is 0. The molecule has 138 valence electrons. The lowest BCUT2D eigenvalue weighted by molar-refractivity contribution is 0.760. The molecule has 0 radical (unpaired) electrons. The summed E-state index contributed by atoms with van der Waals surface area (Å²) < 4.78 is 0. The van der Waals surface area contributed by atoms with Gasteiger partial charge in [0.25, 0.3) is 0 Å². The third-order valence-electron chi connectivity index (χ3n) is 5.37. The van der Waals surface area contributed by atoms with Crippen LogP contribution in [0.15, 0.2) is 89.8 Å². The normalized spacial score (nSPS) is 16.2. The molecule has 1 unspecified atom stereocenters. The zero-order valence-electron chi connectivity index (χ0n) is 15.6. The zero-order valence-corrected chi connectivity index (χ0v) is 17.2. The summed E-state index contributed by atoms with van der Waals surface area (Å²) in [6, 6.07) is 30.3. The van der Waals surface area contributed by atoms with Crippen molar-refractivity contribution in [1.29, 1.82) is 0 Å². The van der Waals surface area contributed by atoms with Crippen LogP contribution >= 0.6 is 23.4 Å². The van der Waals surface area contributed by atoms with Gasteiger partial charge in [0.05, 0.1) is 0 Å². The van der Waals surface area contributed by atoms with E-state index in [0.29, 0.717) is 0 Å². The number of rotatable bonds is 2. The number of halogens is 1. The fourth-order valence-corrected chi connectivity index (χ4v) is 5.31. The number of nitrogens with zero attached hydrogens (tertiary/aromatic N) is 1. The Hall–Kier alpha value is -2.42. The Labute approximate surface area is 175 Å². The number of anilines is 1. The highest BCUT2D eigenvalue weighted by Gasteiger charge is 2.29. The van der Waals surface area contributed by atoms with Crippen LogP contribution in [0.4, 0.5) is 5.69 Å². The summed E-state index contributed by atoms with van der Waals surface area (Å²) in [5, 5.41) is 3.64. The average Bonchev–Trinajstić information content (AvgIpc) is 2.74. The first-order valence-electron chi connectivity index (χ1n) is 9.45. The fourth-order valence-electron chi connectivity index (χ4n) is 3.86. The van der Waals surface area contributed by atoms with Crippen molar-refractivity contribution >= 4 is 39.8 Å². The molecule has 28 heavy (non-hydrogen) atoms. The van der Waals surface area contributed by atoms with Crippen LogP contribution in [0, 0.1) is 6.92 Å². The Morgan fingerprint density at radius 1 is 0.857 bits per heavy atom. The van der Waals surface area contributed by atoms with Crippen molar-refractivity contribution in [2.75, 3.05) is 4.90 Å². The number of benzene rings is 4. The third kappa shape index (κ3) is 3.17.